The fraction of sp³-hybridized carbons (Fsp3) is 0.400. The molecule has 1 saturated heterocycles. The molecule has 1 aliphatic rings. The maximum absolute atomic E-state index is 12.4. The van der Waals surface area contributed by atoms with Crippen LogP contribution in [0.4, 0.5) is 0 Å². The minimum Gasteiger partial charge on any atom is -0.508 e. The highest BCUT2D eigenvalue weighted by atomic mass is 35.5. The van der Waals surface area contributed by atoms with Gasteiger partial charge in [0, 0.05) is 6.54 Å². The predicted octanol–water partition coefficient (Wildman–Crippen LogP) is 3.54. The second kappa shape index (κ2) is 9.40. The summed E-state index contributed by atoms with van der Waals surface area (Å²) in [6.07, 6.45) is 3.35. The Morgan fingerprint density at radius 2 is 1.58 bits per heavy atom. The van der Waals surface area contributed by atoms with Gasteiger partial charge in [0.1, 0.15) is 5.75 Å². The number of phenolic OH excluding ortho intramolecular Hbond substituents is 1. The maximum Gasteiger partial charge on any atom is 0.179 e. The van der Waals surface area contributed by atoms with Crippen LogP contribution in [0.2, 0.25) is 0 Å². The first-order valence-corrected chi connectivity index (χ1v) is 10.5. The van der Waals surface area contributed by atoms with Gasteiger partial charge in [-0.25, -0.2) is 8.42 Å². The summed E-state index contributed by atoms with van der Waals surface area (Å²) in [6, 6.07) is 16.3. The van der Waals surface area contributed by atoms with Gasteiger partial charge in [0.25, 0.3) is 0 Å². The molecule has 0 unspecified atom stereocenters. The molecule has 1 fully saturated rings. The molecule has 3 rings (SSSR count). The summed E-state index contributed by atoms with van der Waals surface area (Å²) in [7, 11) is -3.29. The second-order valence-electron chi connectivity index (χ2n) is 6.79. The largest absolute Gasteiger partial charge is 0.508 e. The van der Waals surface area contributed by atoms with Crippen molar-refractivity contribution in [2.24, 2.45) is 5.92 Å². The fourth-order valence-corrected chi connectivity index (χ4v) is 4.67. The number of phenols is 1. The molecule has 2 aromatic carbocycles. The molecular formula is C20H26ClNO3S. The van der Waals surface area contributed by atoms with Crippen molar-refractivity contribution >= 4 is 22.2 Å². The smallest absolute Gasteiger partial charge is 0.179 e. The summed E-state index contributed by atoms with van der Waals surface area (Å²) in [5.74, 6) is 0.896. The van der Waals surface area contributed by atoms with Crippen molar-refractivity contribution in [3.63, 3.8) is 0 Å². The Bertz CT molecular complexity index is 770. The fourth-order valence-electron chi connectivity index (χ4n) is 3.38. The normalized spacial score (nSPS) is 16.2. The van der Waals surface area contributed by atoms with Gasteiger partial charge in [0.05, 0.1) is 10.6 Å². The van der Waals surface area contributed by atoms with Gasteiger partial charge < -0.3 is 10.0 Å². The van der Waals surface area contributed by atoms with Gasteiger partial charge in [-0.3, -0.25) is 0 Å². The number of nitrogens with zero attached hydrogens (tertiary/aromatic N) is 1. The van der Waals surface area contributed by atoms with Crippen molar-refractivity contribution in [2.45, 2.75) is 24.2 Å². The molecule has 0 amide bonds. The second-order valence-corrected chi connectivity index (χ2v) is 8.90. The Morgan fingerprint density at radius 1 is 0.962 bits per heavy atom. The van der Waals surface area contributed by atoms with E-state index in [1.807, 2.05) is 6.07 Å². The molecule has 4 nitrogen and oxygen atoms in total. The molecule has 142 valence electrons. The van der Waals surface area contributed by atoms with Crippen LogP contribution in [-0.4, -0.2) is 43.8 Å². The van der Waals surface area contributed by atoms with E-state index in [0.29, 0.717) is 12.5 Å². The lowest BCUT2D eigenvalue weighted by Gasteiger charge is -2.31. The molecule has 0 saturated carbocycles. The number of sulfone groups is 1. The zero-order valence-electron chi connectivity index (χ0n) is 14.8. The van der Waals surface area contributed by atoms with Crippen LogP contribution < -0.4 is 0 Å². The predicted molar refractivity (Wildman–Crippen MR) is 107 cm³/mol. The van der Waals surface area contributed by atoms with Crippen LogP contribution in [0.15, 0.2) is 59.5 Å². The first-order chi connectivity index (χ1) is 12.0. The first kappa shape index (κ1) is 20.7. The van der Waals surface area contributed by atoms with Gasteiger partial charge in [-0.1, -0.05) is 30.3 Å². The minimum absolute atomic E-state index is 0. The number of piperidine rings is 1. The van der Waals surface area contributed by atoms with Crippen LogP contribution in [-0.2, 0) is 16.3 Å². The van der Waals surface area contributed by atoms with E-state index in [1.165, 1.54) is 29.8 Å². The number of hydrogen-bond acceptors (Lipinski definition) is 4. The zero-order valence-corrected chi connectivity index (χ0v) is 16.4. The molecule has 0 radical (unpaired) electrons. The van der Waals surface area contributed by atoms with Gasteiger partial charge >= 0.3 is 0 Å². The summed E-state index contributed by atoms with van der Waals surface area (Å²) in [6.45, 7) is 2.49. The van der Waals surface area contributed by atoms with E-state index in [4.69, 9.17) is 0 Å². The lowest BCUT2D eigenvalue weighted by atomic mass is 9.90. The SMILES string of the molecule is Cl.O=S(=O)(CCN1CCC(Cc2ccccc2)CC1)c1ccc(O)cc1. The van der Waals surface area contributed by atoms with Crippen molar-refractivity contribution in [1.29, 1.82) is 0 Å². The lowest BCUT2D eigenvalue weighted by Crippen LogP contribution is -2.37. The number of hydrogen-bond donors (Lipinski definition) is 1. The van der Waals surface area contributed by atoms with Crippen molar-refractivity contribution in [1.82, 2.24) is 4.90 Å². The third kappa shape index (κ3) is 5.73. The molecule has 6 heteroatoms. The molecule has 0 spiro atoms. The summed E-state index contributed by atoms with van der Waals surface area (Å²) in [4.78, 5) is 2.53. The van der Waals surface area contributed by atoms with Crippen LogP contribution in [0, 0.1) is 5.92 Å². The van der Waals surface area contributed by atoms with Crippen LogP contribution in [0.25, 0.3) is 0 Å². The molecule has 0 aliphatic carbocycles. The highest BCUT2D eigenvalue weighted by Gasteiger charge is 2.22. The molecular weight excluding hydrogens is 370 g/mol. The van der Waals surface area contributed by atoms with Crippen molar-refractivity contribution < 1.29 is 13.5 Å². The zero-order chi connectivity index (χ0) is 17.7. The summed E-state index contributed by atoms with van der Waals surface area (Å²) < 4.78 is 24.8. The van der Waals surface area contributed by atoms with E-state index in [1.54, 1.807) is 0 Å². The molecule has 26 heavy (non-hydrogen) atoms. The number of halogens is 1. The Labute approximate surface area is 162 Å². The Morgan fingerprint density at radius 3 is 2.19 bits per heavy atom. The van der Waals surface area contributed by atoms with Gasteiger partial charge in [-0.2, -0.15) is 0 Å². The third-order valence-electron chi connectivity index (χ3n) is 4.95. The van der Waals surface area contributed by atoms with Crippen molar-refractivity contribution in [3.05, 3.63) is 60.2 Å². The standard InChI is InChI=1S/C20H25NO3S.ClH/c22-19-6-8-20(9-7-19)25(23,24)15-14-21-12-10-18(11-13-21)16-17-4-2-1-3-5-17;/h1-9,18,22H,10-16H2;1H. The number of benzene rings is 2. The third-order valence-corrected chi connectivity index (χ3v) is 6.66. The average molecular weight is 396 g/mol. The minimum atomic E-state index is -3.29. The average Bonchev–Trinajstić information content (AvgIpc) is 2.62. The van der Waals surface area contributed by atoms with Crippen LogP contribution in [0.5, 0.6) is 5.75 Å². The van der Waals surface area contributed by atoms with E-state index in [9.17, 15) is 13.5 Å². The van der Waals surface area contributed by atoms with Crippen LogP contribution in [0.1, 0.15) is 18.4 Å². The Hall–Kier alpha value is -1.56. The molecule has 1 N–H and O–H groups in total. The summed E-state index contributed by atoms with van der Waals surface area (Å²) >= 11 is 0. The number of likely N-dealkylation sites (tertiary alicyclic amines) is 1. The van der Waals surface area contributed by atoms with E-state index < -0.39 is 9.84 Å². The first-order valence-electron chi connectivity index (χ1n) is 8.81. The molecule has 1 heterocycles. The van der Waals surface area contributed by atoms with E-state index in [2.05, 4.69) is 29.2 Å². The molecule has 0 bridgehead atoms. The molecule has 0 aromatic heterocycles. The summed E-state index contributed by atoms with van der Waals surface area (Å²) in [5.41, 5.74) is 1.39. The Kier molecular flexibility index (Phi) is 7.50. The van der Waals surface area contributed by atoms with Gasteiger partial charge in [0.2, 0.25) is 0 Å². The van der Waals surface area contributed by atoms with Gasteiger partial charge in [0.15, 0.2) is 9.84 Å². The quantitative estimate of drug-likeness (QED) is 0.812. The van der Waals surface area contributed by atoms with Crippen molar-refractivity contribution in [2.75, 3.05) is 25.4 Å². The van der Waals surface area contributed by atoms with Gasteiger partial charge in [-0.05, 0) is 68.1 Å². The van der Waals surface area contributed by atoms with E-state index >= 15 is 0 Å². The monoisotopic (exact) mass is 395 g/mol. The lowest BCUT2D eigenvalue weighted by molar-refractivity contribution is 0.193. The Balaban J connectivity index is 0.00000243. The van der Waals surface area contributed by atoms with Crippen molar-refractivity contribution in [3.8, 4) is 5.75 Å². The highest BCUT2D eigenvalue weighted by molar-refractivity contribution is 7.91. The number of aromatic hydroxyl groups is 1. The van der Waals surface area contributed by atoms with Crippen LogP contribution in [0.3, 0.4) is 0 Å². The highest BCUT2D eigenvalue weighted by Crippen LogP contribution is 2.22. The molecule has 1 aliphatic heterocycles. The maximum atomic E-state index is 12.4. The van der Waals surface area contributed by atoms with E-state index in [0.717, 1.165) is 32.4 Å². The van der Waals surface area contributed by atoms with Gasteiger partial charge in [-0.15, -0.1) is 12.4 Å². The van der Waals surface area contributed by atoms with Crippen LogP contribution >= 0.6 is 12.4 Å². The number of rotatable bonds is 6. The van der Waals surface area contributed by atoms with E-state index in [-0.39, 0.29) is 28.8 Å². The summed E-state index contributed by atoms with van der Waals surface area (Å²) in [5, 5.41) is 9.28. The molecule has 0 atom stereocenters. The molecule has 2 aromatic rings. The topological polar surface area (TPSA) is 57.6 Å².